The van der Waals surface area contributed by atoms with Crippen LogP contribution in [0.3, 0.4) is 0 Å². The Hall–Kier alpha value is -3.32. The first kappa shape index (κ1) is 22.9. The molecule has 0 radical (unpaired) electrons. The van der Waals surface area contributed by atoms with Gasteiger partial charge in [-0.05, 0) is 50.2 Å². The monoisotopic (exact) mass is 462 g/mol. The van der Waals surface area contributed by atoms with Gasteiger partial charge in [-0.2, -0.15) is 0 Å². The van der Waals surface area contributed by atoms with E-state index in [0.29, 0.717) is 39.3 Å². The maximum atomic E-state index is 13.5. The first-order valence-corrected chi connectivity index (χ1v) is 12.2. The van der Waals surface area contributed by atoms with E-state index in [1.54, 1.807) is 16.2 Å². The lowest BCUT2D eigenvalue weighted by Gasteiger charge is -2.39. The van der Waals surface area contributed by atoms with Crippen molar-refractivity contribution in [3.63, 3.8) is 0 Å². The van der Waals surface area contributed by atoms with E-state index in [2.05, 4.69) is 19.1 Å². The van der Waals surface area contributed by atoms with Crippen molar-refractivity contribution >= 4 is 34.8 Å². The topological polar surface area (TPSA) is 47.1 Å². The lowest BCUT2D eigenvalue weighted by Crippen LogP contribution is -2.55. The van der Waals surface area contributed by atoms with Gasteiger partial charge in [0.2, 0.25) is 0 Å². The van der Waals surface area contributed by atoms with Crippen LogP contribution in [0.2, 0.25) is 0 Å². The first-order chi connectivity index (χ1) is 16.1. The summed E-state index contributed by atoms with van der Waals surface area (Å²) in [4.78, 5) is 36.5. The highest BCUT2D eigenvalue weighted by Gasteiger charge is 2.30. The maximum Gasteiger partial charge on any atom is 0.329 e. The number of thiophene rings is 1. The number of rotatable bonds is 5. The molecule has 2 aromatic carbocycles. The highest BCUT2D eigenvalue weighted by molar-refractivity contribution is 7.11. The van der Waals surface area contributed by atoms with E-state index >= 15 is 0 Å². The van der Waals surface area contributed by atoms with Gasteiger partial charge in [0.25, 0.3) is 0 Å². The van der Waals surface area contributed by atoms with Crippen LogP contribution in [0.25, 0.3) is 0 Å². The minimum atomic E-state index is -0.0686. The molecule has 1 aromatic heterocycles. The van der Waals surface area contributed by atoms with Crippen LogP contribution in [0.5, 0.6) is 0 Å². The van der Waals surface area contributed by atoms with Crippen molar-refractivity contribution in [2.24, 2.45) is 0 Å². The summed E-state index contributed by atoms with van der Waals surface area (Å²) in [5.41, 5.74) is 1.66. The van der Waals surface area contributed by atoms with Crippen molar-refractivity contribution < 1.29 is 9.59 Å². The summed E-state index contributed by atoms with van der Waals surface area (Å²) in [6.45, 7) is 7.46. The molecule has 2 heterocycles. The molecule has 4 amide bonds. The van der Waals surface area contributed by atoms with Gasteiger partial charge >= 0.3 is 12.1 Å². The number of para-hydroxylation sites is 2. The van der Waals surface area contributed by atoms with Gasteiger partial charge in [-0.15, -0.1) is 11.3 Å². The van der Waals surface area contributed by atoms with Crippen molar-refractivity contribution in [2.75, 3.05) is 37.6 Å². The van der Waals surface area contributed by atoms with Crippen LogP contribution in [-0.2, 0) is 6.54 Å². The Kier molecular flexibility index (Phi) is 7.29. The Labute approximate surface area is 199 Å². The Morgan fingerprint density at radius 3 is 1.76 bits per heavy atom. The molecule has 172 valence electrons. The predicted octanol–water partition coefficient (Wildman–Crippen LogP) is 5.57. The van der Waals surface area contributed by atoms with Crippen molar-refractivity contribution in [2.45, 2.75) is 20.4 Å². The number of piperazine rings is 1. The second kappa shape index (κ2) is 10.5. The predicted molar refractivity (Wildman–Crippen MR) is 134 cm³/mol. The van der Waals surface area contributed by atoms with Crippen LogP contribution in [0.15, 0.2) is 72.8 Å². The number of carbonyl (C=O) groups excluding carboxylic acids is 2. The largest absolute Gasteiger partial charge is 0.329 e. The normalized spacial score (nSPS) is 13.6. The third kappa shape index (κ3) is 5.37. The van der Waals surface area contributed by atoms with Crippen LogP contribution in [0, 0.1) is 6.92 Å². The summed E-state index contributed by atoms with van der Waals surface area (Å²) in [5, 5.41) is 0. The molecule has 0 bridgehead atoms. The fraction of sp³-hybridized carbons (Fsp3) is 0.308. The fourth-order valence-corrected chi connectivity index (χ4v) is 4.93. The highest BCUT2D eigenvalue weighted by Crippen LogP contribution is 2.27. The average molecular weight is 463 g/mol. The van der Waals surface area contributed by atoms with Crippen LogP contribution < -0.4 is 4.90 Å². The van der Waals surface area contributed by atoms with Gasteiger partial charge in [0, 0.05) is 42.5 Å². The molecule has 0 aliphatic carbocycles. The molecule has 0 saturated carbocycles. The lowest BCUT2D eigenvalue weighted by atomic mass is 10.2. The molecule has 0 N–H and O–H groups in total. The Morgan fingerprint density at radius 2 is 1.30 bits per heavy atom. The van der Waals surface area contributed by atoms with Gasteiger partial charge < -0.3 is 14.7 Å². The van der Waals surface area contributed by atoms with E-state index in [0.717, 1.165) is 11.4 Å². The number of nitrogens with zero attached hydrogens (tertiary/aromatic N) is 4. The summed E-state index contributed by atoms with van der Waals surface area (Å²) in [6, 6.07) is 23.5. The summed E-state index contributed by atoms with van der Waals surface area (Å²) < 4.78 is 0. The molecule has 1 saturated heterocycles. The van der Waals surface area contributed by atoms with E-state index in [-0.39, 0.29) is 12.1 Å². The lowest BCUT2D eigenvalue weighted by molar-refractivity contribution is 0.121. The highest BCUT2D eigenvalue weighted by atomic mass is 32.1. The number of urea groups is 2. The molecular formula is C26H30N4O2S. The van der Waals surface area contributed by atoms with Gasteiger partial charge in [-0.1, -0.05) is 36.4 Å². The van der Waals surface area contributed by atoms with E-state index in [1.165, 1.54) is 9.75 Å². The van der Waals surface area contributed by atoms with Crippen molar-refractivity contribution in [3.8, 4) is 0 Å². The van der Waals surface area contributed by atoms with E-state index < -0.39 is 0 Å². The smallest absolute Gasteiger partial charge is 0.321 e. The third-order valence-corrected chi connectivity index (χ3v) is 6.82. The molecule has 4 rings (SSSR count). The molecule has 1 aliphatic heterocycles. The quantitative estimate of drug-likeness (QED) is 0.497. The maximum absolute atomic E-state index is 13.5. The van der Waals surface area contributed by atoms with Crippen LogP contribution in [0.4, 0.5) is 21.0 Å². The van der Waals surface area contributed by atoms with Crippen molar-refractivity contribution in [3.05, 3.63) is 82.6 Å². The van der Waals surface area contributed by atoms with Crippen molar-refractivity contribution in [1.82, 2.24) is 14.7 Å². The minimum absolute atomic E-state index is 0.0404. The third-order valence-electron chi connectivity index (χ3n) is 5.84. The van der Waals surface area contributed by atoms with Gasteiger partial charge in [0.1, 0.15) is 0 Å². The van der Waals surface area contributed by atoms with Crippen LogP contribution in [-0.4, -0.2) is 59.5 Å². The Morgan fingerprint density at radius 1 is 0.788 bits per heavy atom. The molecule has 1 aliphatic rings. The van der Waals surface area contributed by atoms with E-state index in [1.807, 2.05) is 82.3 Å². The summed E-state index contributed by atoms with van der Waals surface area (Å²) >= 11 is 1.73. The summed E-state index contributed by atoms with van der Waals surface area (Å²) in [7, 11) is 0. The zero-order valence-electron chi connectivity index (χ0n) is 19.2. The summed E-state index contributed by atoms with van der Waals surface area (Å²) in [6.07, 6.45) is 0. The number of carbonyl (C=O) groups is 2. The minimum Gasteiger partial charge on any atom is -0.321 e. The number of amides is 4. The van der Waals surface area contributed by atoms with Crippen LogP contribution in [0.1, 0.15) is 16.7 Å². The molecule has 7 heteroatoms. The number of hydrogen-bond acceptors (Lipinski definition) is 3. The Balaban J connectivity index is 1.42. The molecular weight excluding hydrogens is 432 g/mol. The fourth-order valence-electron chi connectivity index (χ4n) is 4.03. The van der Waals surface area contributed by atoms with Gasteiger partial charge in [-0.3, -0.25) is 4.90 Å². The molecule has 0 unspecified atom stereocenters. The Bertz CT molecular complexity index is 1020. The van der Waals surface area contributed by atoms with Gasteiger partial charge in [0.15, 0.2) is 0 Å². The molecule has 3 aromatic rings. The number of benzene rings is 2. The molecule has 6 nitrogen and oxygen atoms in total. The summed E-state index contributed by atoms with van der Waals surface area (Å²) in [5.74, 6) is 0. The zero-order valence-corrected chi connectivity index (χ0v) is 20.0. The number of aryl methyl sites for hydroxylation is 1. The van der Waals surface area contributed by atoms with Gasteiger partial charge in [0.05, 0.1) is 17.9 Å². The average Bonchev–Trinajstić information content (AvgIpc) is 3.28. The SMILES string of the molecule is CCN(Cc1ccc(C)s1)C(=O)N1CCN(C(=O)N(c2ccccc2)c2ccccc2)CC1. The van der Waals surface area contributed by atoms with Crippen molar-refractivity contribution in [1.29, 1.82) is 0 Å². The zero-order chi connectivity index (χ0) is 23.2. The second-order valence-corrected chi connectivity index (χ2v) is 9.44. The van der Waals surface area contributed by atoms with E-state index in [9.17, 15) is 9.59 Å². The molecule has 33 heavy (non-hydrogen) atoms. The number of anilines is 2. The number of hydrogen-bond donors (Lipinski definition) is 0. The van der Waals surface area contributed by atoms with Gasteiger partial charge in [-0.25, -0.2) is 9.59 Å². The molecule has 0 atom stereocenters. The van der Waals surface area contributed by atoms with E-state index in [4.69, 9.17) is 0 Å². The first-order valence-electron chi connectivity index (χ1n) is 11.3. The standard InChI is InChI=1S/C26H30N4O2S/c1-3-27(20-24-15-14-21(2)33-24)25(31)28-16-18-29(19-17-28)26(32)30(22-10-6-4-7-11-22)23-12-8-5-9-13-23/h4-15H,3,16-20H2,1-2H3. The second-order valence-electron chi connectivity index (χ2n) is 8.07. The van der Waals surface area contributed by atoms with Crippen LogP contribution >= 0.6 is 11.3 Å². The molecule has 0 spiro atoms. The molecule has 1 fully saturated rings.